The number of primary amides is 2. The molecule has 18 heteroatoms. The van der Waals surface area contributed by atoms with Crippen LogP contribution in [-0.2, 0) is 38.1 Å². The fourth-order valence-electron chi connectivity index (χ4n) is 9.04. The third-order valence-corrected chi connectivity index (χ3v) is 11.5. The molecular formula is C31H38N8O10. The molecule has 8 rings (SSSR count). The lowest BCUT2D eigenvalue weighted by molar-refractivity contribution is -0.144. The van der Waals surface area contributed by atoms with Crippen molar-refractivity contribution in [2.75, 3.05) is 47.6 Å². The van der Waals surface area contributed by atoms with Crippen molar-refractivity contribution in [1.29, 1.82) is 0 Å². The highest BCUT2D eigenvalue weighted by molar-refractivity contribution is 6.26. The Kier molecular flexibility index (Phi) is 7.09. The van der Waals surface area contributed by atoms with Crippen LogP contribution >= 0.6 is 0 Å². The van der Waals surface area contributed by atoms with Gasteiger partial charge in [-0.1, -0.05) is 0 Å². The van der Waals surface area contributed by atoms with Crippen LogP contribution in [0.5, 0.6) is 0 Å². The van der Waals surface area contributed by atoms with Crippen LogP contribution in [0.3, 0.4) is 0 Å². The number of nitrogens with zero attached hydrogens (tertiary/aromatic N) is 3. The first-order chi connectivity index (χ1) is 23.1. The van der Waals surface area contributed by atoms with Crippen LogP contribution in [0.25, 0.3) is 0 Å². The van der Waals surface area contributed by atoms with Crippen molar-refractivity contribution in [2.45, 2.75) is 49.5 Å². The molecule has 0 aromatic heterocycles. The van der Waals surface area contributed by atoms with Crippen molar-refractivity contribution in [3.63, 3.8) is 0 Å². The zero-order valence-electron chi connectivity index (χ0n) is 27.5. The molecule has 4 fully saturated rings. The molecular weight excluding hydrogens is 644 g/mol. The van der Waals surface area contributed by atoms with Crippen molar-refractivity contribution in [3.05, 3.63) is 45.1 Å². The molecule has 9 atom stereocenters. The molecule has 18 nitrogen and oxygen atoms in total. The Hall–Kier alpha value is -4.78. The number of carbonyl (C=O) groups is 6. The Morgan fingerprint density at radius 3 is 1.67 bits per heavy atom. The summed E-state index contributed by atoms with van der Waals surface area (Å²) in [6.45, 7) is 3.87. The number of carbonyl (C=O) groups excluding carboxylic acids is 6. The summed E-state index contributed by atoms with van der Waals surface area (Å²) >= 11 is 0. The number of methoxy groups -OCH3 is 2. The fourth-order valence-corrected chi connectivity index (χ4v) is 9.04. The highest BCUT2D eigenvalue weighted by atomic mass is 16.6. The zero-order valence-corrected chi connectivity index (χ0v) is 27.5. The number of fused-ring (bicyclic) bond motifs is 8. The summed E-state index contributed by atoms with van der Waals surface area (Å²) in [5.74, 6) is -2.66. The normalized spacial score (nSPS) is 37.8. The second-order valence-corrected chi connectivity index (χ2v) is 13.3. The first-order valence-corrected chi connectivity index (χ1v) is 15.7. The van der Waals surface area contributed by atoms with Gasteiger partial charge in [0.25, 0.3) is 0 Å². The van der Waals surface area contributed by atoms with Crippen LogP contribution < -0.4 is 28.3 Å². The number of piperazine rings is 2. The van der Waals surface area contributed by atoms with E-state index in [2.05, 4.69) is 10.2 Å². The lowest BCUT2D eigenvalue weighted by atomic mass is 9.82. The summed E-state index contributed by atoms with van der Waals surface area (Å²) in [7, 11) is 5.01. The molecule has 2 aliphatic carbocycles. The van der Waals surface area contributed by atoms with Crippen molar-refractivity contribution in [2.24, 2.45) is 34.8 Å². The summed E-state index contributed by atoms with van der Waals surface area (Å²) in [6.07, 6.45) is -1.89. The first-order valence-electron chi connectivity index (χ1n) is 15.7. The van der Waals surface area contributed by atoms with Crippen LogP contribution in [-0.4, -0.2) is 133 Å². The van der Waals surface area contributed by atoms with Gasteiger partial charge in [0.2, 0.25) is 23.1 Å². The highest BCUT2D eigenvalue weighted by Crippen LogP contribution is 2.59. The Labute approximate surface area is 280 Å². The molecule has 0 aromatic rings. The van der Waals surface area contributed by atoms with E-state index in [-0.39, 0.29) is 82.6 Å². The van der Waals surface area contributed by atoms with Crippen molar-refractivity contribution < 1.29 is 47.7 Å². The average Bonchev–Trinajstić information content (AvgIpc) is 3.78. The molecule has 0 spiro atoms. The molecule has 0 aromatic carbocycles. The van der Waals surface area contributed by atoms with Gasteiger partial charge in [-0.15, -0.1) is 0 Å². The summed E-state index contributed by atoms with van der Waals surface area (Å²) in [6, 6.07) is 0.321. The minimum Gasteiger partial charge on any atom is -0.449 e. The van der Waals surface area contributed by atoms with E-state index in [1.807, 2.05) is 16.8 Å². The van der Waals surface area contributed by atoms with Crippen molar-refractivity contribution >= 4 is 35.3 Å². The number of hydrogen-bond acceptors (Lipinski definition) is 16. The van der Waals surface area contributed by atoms with E-state index in [1.165, 1.54) is 21.1 Å². The molecule has 8 aliphatic rings. The predicted molar refractivity (Wildman–Crippen MR) is 165 cm³/mol. The van der Waals surface area contributed by atoms with Crippen LogP contribution in [0.1, 0.15) is 13.8 Å². The van der Waals surface area contributed by atoms with Gasteiger partial charge in [-0.3, -0.25) is 24.1 Å². The minimum absolute atomic E-state index is 0.00768. The summed E-state index contributed by atoms with van der Waals surface area (Å²) < 4.78 is 21.7. The van der Waals surface area contributed by atoms with Gasteiger partial charge in [-0.2, -0.15) is 0 Å². The summed E-state index contributed by atoms with van der Waals surface area (Å²) in [5.41, 5.74) is 21.4. The van der Waals surface area contributed by atoms with E-state index in [4.69, 9.17) is 41.9 Å². The van der Waals surface area contributed by atoms with Crippen LogP contribution in [0, 0.1) is 11.8 Å². The molecule has 6 heterocycles. The van der Waals surface area contributed by atoms with E-state index in [9.17, 15) is 28.8 Å². The number of Topliss-reactive ketones (excluding diaryl/α,β-unsaturated/α-hetero) is 4. The van der Waals surface area contributed by atoms with Crippen molar-refractivity contribution in [3.8, 4) is 0 Å². The maximum Gasteiger partial charge on any atom is 0.404 e. The summed E-state index contributed by atoms with van der Waals surface area (Å²) in [4.78, 5) is 79.3. The maximum absolute atomic E-state index is 12.9. The smallest absolute Gasteiger partial charge is 0.404 e. The maximum atomic E-state index is 12.9. The standard InChI is InChI=1S/C16H20N4O5.C15H18N4O5/c1-6-10(17)13(22)9-7(5-25-15(18)23)16(24-3)14-8(19(14)2)4-20(16)11(9)12(6)21;1-5-9(16)12(21)8-6(4-24-14(17)22)15(23-2)13-7(18-13)3-19(15)10(8)11(5)20/h7-8,14H,4-5,17H2,1-3H3,(H2,18,23);6-7,13,18H,3-4,16H2,1-2H3,(H2,17,22)/t7-,8+,14+,16-,19?;6-,7+,13+,15-/m11/s1. The van der Waals surface area contributed by atoms with Crippen LogP contribution in [0.4, 0.5) is 9.59 Å². The lowest BCUT2D eigenvalue weighted by Gasteiger charge is -2.40. The Morgan fingerprint density at radius 1 is 0.776 bits per heavy atom. The predicted octanol–water partition coefficient (Wildman–Crippen LogP) is -2.96. The third-order valence-electron chi connectivity index (χ3n) is 11.5. The monoisotopic (exact) mass is 682 g/mol. The number of nitrogens with two attached hydrogens (primary N) is 4. The Morgan fingerprint density at radius 2 is 1.22 bits per heavy atom. The highest BCUT2D eigenvalue weighted by Gasteiger charge is 2.75. The molecule has 1 unspecified atom stereocenters. The fraction of sp³-hybridized carbons (Fsp3) is 0.548. The van der Waals surface area contributed by atoms with Gasteiger partial charge in [-0.25, -0.2) is 9.59 Å². The first kappa shape index (κ1) is 32.8. The average molecular weight is 683 g/mol. The zero-order chi connectivity index (χ0) is 35.6. The quantitative estimate of drug-likeness (QED) is 0.138. The number of likely N-dealkylation sites (N-methyl/N-ethyl adjacent to an activating group) is 1. The number of allylic oxidation sites excluding steroid dienone is 4. The molecule has 4 saturated heterocycles. The van der Waals surface area contributed by atoms with Gasteiger partial charge < -0.3 is 57.0 Å². The van der Waals surface area contributed by atoms with Gasteiger partial charge in [-0.05, 0) is 20.9 Å². The number of hydrogen-bond donors (Lipinski definition) is 5. The van der Waals surface area contributed by atoms with Gasteiger partial charge in [0, 0.05) is 61.7 Å². The van der Waals surface area contributed by atoms with E-state index >= 15 is 0 Å². The minimum atomic E-state index is -0.957. The van der Waals surface area contributed by atoms with E-state index in [0.29, 0.717) is 24.5 Å². The second kappa shape index (κ2) is 10.6. The molecule has 9 N–H and O–H groups in total. The van der Waals surface area contributed by atoms with E-state index in [1.54, 1.807) is 6.92 Å². The van der Waals surface area contributed by atoms with Gasteiger partial charge in [0.05, 0.1) is 46.7 Å². The van der Waals surface area contributed by atoms with Crippen molar-refractivity contribution in [1.82, 2.24) is 20.0 Å². The van der Waals surface area contributed by atoms with Crippen LogP contribution in [0.15, 0.2) is 45.1 Å². The number of ketones is 4. The SMILES string of the molecule is CO[C@@]12[C@H](COC(N)=O)C3=C(C(=O)C(C)=C(N)C3=O)N1C[C@@H]1N[C@@H]12.CO[C@@]12[C@H](COC(N)=O)C3=C(C(=O)C(C)=C(N)C3=O)N1C[C@H]1[C@@H]2N1C. The Bertz CT molecular complexity index is 1800. The van der Waals surface area contributed by atoms with E-state index in [0.717, 1.165) is 0 Å². The summed E-state index contributed by atoms with van der Waals surface area (Å²) in [5, 5.41) is 3.28. The van der Waals surface area contributed by atoms with E-state index < -0.39 is 47.0 Å². The van der Waals surface area contributed by atoms with Gasteiger partial charge in [0.15, 0.2) is 11.4 Å². The molecule has 0 saturated carbocycles. The second-order valence-electron chi connectivity index (χ2n) is 13.3. The Balaban J connectivity index is 0.000000154. The number of rotatable bonds is 6. The number of nitrogens with one attached hydrogen (secondary N) is 1. The largest absolute Gasteiger partial charge is 0.449 e. The molecule has 49 heavy (non-hydrogen) atoms. The van der Waals surface area contributed by atoms with Crippen LogP contribution in [0.2, 0.25) is 0 Å². The topological polar surface area (TPSA) is 275 Å². The number of amides is 2. The van der Waals surface area contributed by atoms with Gasteiger partial charge in [0.1, 0.15) is 13.2 Å². The molecule has 262 valence electrons. The molecule has 0 radical (unpaired) electrons. The lowest BCUT2D eigenvalue weighted by Crippen LogP contribution is -2.55. The third kappa shape index (κ3) is 4.02. The molecule has 6 aliphatic heterocycles. The van der Waals surface area contributed by atoms with Gasteiger partial charge >= 0.3 is 12.2 Å². The molecule has 2 amide bonds. The molecule has 0 bridgehead atoms. The number of ether oxygens (including phenoxy) is 4.